The number of carbonyl (C=O) groups is 1. The molecular weight excluding hydrogens is 296 g/mol. The predicted molar refractivity (Wildman–Crippen MR) is 88.2 cm³/mol. The first-order chi connectivity index (χ1) is 9.37. The standard InChI is InChI=1S/C13H28N2O3S2/c1-6-14-12(16)18-8-7-17-10-19-20-13(4,5)9-15-11(2)3/h11,15H,6-10H2,1-5H3,(H,14,16). The van der Waals surface area contributed by atoms with Crippen LogP contribution in [0, 0.1) is 0 Å². The predicted octanol–water partition coefficient (Wildman–Crippen LogP) is 2.86. The summed E-state index contributed by atoms with van der Waals surface area (Å²) in [5.74, 6) is 0.592. The summed E-state index contributed by atoms with van der Waals surface area (Å²) in [7, 11) is 3.48. The van der Waals surface area contributed by atoms with Gasteiger partial charge < -0.3 is 20.1 Å². The highest BCUT2D eigenvalue weighted by molar-refractivity contribution is 8.77. The lowest BCUT2D eigenvalue weighted by molar-refractivity contribution is 0.0937. The Bertz CT molecular complexity index is 264. The highest BCUT2D eigenvalue weighted by Gasteiger charge is 2.18. The Morgan fingerprint density at radius 3 is 2.60 bits per heavy atom. The van der Waals surface area contributed by atoms with Crippen LogP contribution >= 0.6 is 21.6 Å². The molecule has 0 aromatic rings. The van der Waals surface area contributed by atoms with Crippen molar-refractivity contribution in [1.82, 2.24) is 10.6 Å². The second-order valence-electron chi connectivity index (χ2n) is 5.19. The molecular formula is C13H28N2O3S2. The molecule has 2 N–H and O–H groups in total. The van der Waals surface area contributed by atoms with Crippen LogP contribution in [0.25, 0.3) is 0 Å². The fourth-order valence-corrected chi connectivity index (χ4v) is 3.32. The van der Waals surface area contributed by atoms with Gasteiger partial charge in [0.2, 0.25) is 0 Å². The third-order valence-corrected chi connectivity index (χ3v) is 5.11. The van der Waals surface area contributed by atoms with Crippen LogP contribution in [0.4, 0.5) is 4.79 Å². The average molecular weight is 325 g/mol. The Labute approximate surface area is 130 Å². The van der Waals surface area contributed by atoms with E-state index in [1.807, 2.05) is 6.92 Å². The van der Waals surface area contributed by atoms with Crippen molar-refractivity contribution in [2.24, 2.45) is 0 Å². The zero-order chi connectivity index (χ0) is 15.4. The minimum atomic E-state index is -0.390. The van der Waals surface area contributed by atoms with Gasteiger partial charge in [0.1, 0.15) is 12.5 Å². The van der Waals surface area contributed by atoms with Gasteiger partial charge in [0.15, 0.2) is 0 Å². The fourth-order valence-electron chi connectivity index (χ4n) is 1.14. The van der Waals surface area contributed by atoms with Crippen LogP contribution in [0.3, 0.4) is 0 Å². The van der Waals surface area contributed by atoms with E-state index < -0.39 is 0 Å². The van der Waals surface area contributed by atoms with E-state index in [0.29, 0.717) is 25.1 Å². The number of hydrogen-bond donors (Lipinski definition) is 2. The van der Waals surface area contributed by atoms with E-state index in [-0.39, 0.29) is 17.4 Å². The lowest BCUT2D eigenvalue weighted by Gasteiger charge is -2.24. The summed E-state index contributed by atoms with van der Waals surface area (Å²) in [6, 6.07) is 0.502. The van der Waals surface area contributed by atoms with E-state index in [2.05, 4.69) is 38.3 Å². The van der Waals surface area contributed by atoms with E-state index in [4.69, 9.17) is 9.47 Å². The average Bonchev–Trinajstić information content (AvgIpc) is 2.36. The largest absolute Gasteiger partial charge is 0.447 e. The third kappa shape index (κ3) is 12.9. The highest BCUT2D eigenvalue weighted by atomic mass is 33.1. The van der Waals surface area contributed by atoms with Crippen LogP contribution < -0.4 is 10.6 Å². The molecule has 0 fully saturated rings. The van der Waals surface area contributed by atoms with Crippen molar-refractivity contribution in [2.75, 3.05) is 32.2 Å². The van der Waals surface area contributed by atoms with Gasteiger partial charge in [0, 0.05) is 23.9 Å². The summed E-state index contributed by atoms with van der Waals surface area (Å²) in [5, 5.41) is 5.99. The van der Waals surface area contributed by atoms with Crippen LogP contribution in [0.1, 0.15) is 34.6 Å². The molecule has 0 unspecified atom stereocenters. The number of hydrogen-bond acceptors (Lipinski definition) is 6. The molecule has 0 rings (SSSR count). The summed E-state index contributed by atoms with van der Waals surface area (Å²) in [6.07, 6.45) is -0.390. The van der Waals surface area contributed by atoms with Gasteiger partial charge in [-0.2, -0.15) is 0 Å². The van der Waals surface area contributed by atoms with Gasteiger partial charge in [-0.3, -0.25) is 0 Å². The van der Waals surface area contributed by atoms with Crippen LogP contribution in [0.15, 0.2) is 0 Å². The first kappa shape index (κ1) is 19.9. The van der Waals surface area contributed by atoms with Gasteiger partial charge in [-0.25, -0.2) is 4.79 Å². The zero-order valence-electron chi connectivity index (χ0n) is 13.2. The molecule has 20 heavy (non-hydrogen) atoms. The minimum absolute atomic E-state index is 0.163. The molecule has 0 bridgehead atoms. The number of ether oxygens (including phenoxy) is 2. The summed E-state index contributed by atoms with van der Waals surface area (Å²) < 4.78 is 10.5. The van der Waals surface area contributed by atoms with Crippen LogP contribution in [-0.4, -0.2) is 49.1 Å². The Balaban J connectivity index is 3.45. The maximum atomic E-state index is 11.0. The normalized spacial score (nSPS) is 11.7. The van der Waals surface area contributed by atoms with Crippen molar-refractivity contribution >= 4 is 27.7 Å². The number of amides is 1. The second-order valence-corrected chi connectivity index (χ2v) is 8.14. The van der Waals surface area contributed by atoms with Gasteiger partial charge in [0.25, 0.3) is 0 Å². The van der Waals surface area contributed by atoms with Crippen molar-refractivity contribution in [1.29, 1.82) is 0 Å². The van der Waals surface area contributed by atoms with E-state index in [9.17, 15) is 4.79 Å². The molecule has 120 valence electrons. The first-order valence-corrected chi connectivity index (χ1v) is 9.21. The quantitative estimate of drug-likeness (QED) is 0.346. The van der Waals surface area contributed by atoms with Gasteiger partial charge in [-0.15, -0.1) is 0 Å². The van der Waals surface area contributed by atoms with Crippen molar-refractivity contribution in [2.45, 2.75) is 45.4 Å². The van der Waals surface area contributed by atoms with Crippen molar-refractivity contribution in [3.63, 3.8) is 0 Å². The van der Waals surface area contributed by atoms with Crippen molar-refractivity contribution < 1.29 is 14.3 Å². The van der Waals surface area contributed by atoms with Gasteiger partial charge >= 0.3 is 6.09 Å². The molecule has 0 heterocycles. The van der Waals surface area contributed by atoms with Crippen LogP contribution in [0.2, 0.25) is 0 Å². The molecule has 0 atom stereocenters. The summed E-state index contributed by atoms with van der Waals surface area (Å²) in [6.45, 7) is 12.8. The Hall–Kier alpha value is -0.110. The second kappa shape index (κ2) is 11.5. The van der Waals surface area contributed by atoms with Crippen LogP contribution in [-0.2, 0) is 9.47 Å². The van der Waals surface area contributed by atoms with Gasteiger partial charge in [-0.1, -0.05) is 35.4 Å². The number of nitrogens with one attached hydrogen (secondary N) is 2. The molecule has 1 amide bonds. The number of alkyl carbamates (subject to hydrolysis) is 1. The van der Waals surface area contributed by atoms with Gasteiger partial charge in [0.05, 0.1) is 6.61 Å². The van der Waals surface area contributed by atoms with Crippen molar-refractivity contribution in [3.8, 4) is 0 Å². The lowest BCUT2D eigenvalue weighted by atomic mass is 10.2. The Morgan fingerprint density at radius 1 is 1.30 bits per heavy atom. The lowest BCUT2D eigenvalue weighted by Crippen LogP contribution is -2.35. The summed E-state index contributed by atoms with van der Waals surface area (Å²) in [4.78, 5) is 11.0. The first-order valence-electron chi connectivity index (χ1n) is 6.89. The minimum Gasteiger partial charge on any atom is -0.447 e. The van der Waals surface area contributed by atoms with E-state index in [1.54, 1.807) is 21.6 Å². The molecule has 0 saturated heterocycles. The molecule has 0 saturated carbocycles. The smallest absolute Gasteiger partial charge is 0.407 e. The molecule has 5 nitrogen and oxygen atoms in total. The van der Waals surface area contributed by atoms with Crippen LogP contribution in [0.5, 0.6) is 0 Å². The maximum absolute atomic E-state index is 11.0. The number of carbonyl (C=O) groups excluding carboxylic acids is 1. The van der Waals surface area contributed by atoms with E-state index in [1.165, 1.54) is 0 Å². The molecule has 0 aliphatic rings. The third-order valence-electron chi connectivity index (χ3n) is 2.13. The Morgan fingerprint density at radius 2 is 2.00 bits per heavy atom. The maximum Gasteiger partial charge on any atom is 0.407 e. The molecule has 0 radical (unpaired) electrons. The zero-order valence-corrected chi connectivity index (χ0v) is 14.8. The molecule has 7 heteroatoms. The fraction of sp³-hybridized carbons (Fsp3) is 0.923. The molecule has 0 spiro atoms. The molecule has 0 aromatic carbocycles. The SMILES string of the molecule is CCNC(=O)OCCOCSSC(C)(C)CNC(C)C. The summed E-state index contributed by atoms with van der Waals surface area (Å²) >= 11 is 0. The van der Waals surface area contributed by atoms with E-state index >= 15 is 0 Å². The Kier molecular flexibility index (Phi) is 11.5. The van der Waals surface area contributed by atoms with E-state index in [0.717, 1.165) is 6.54 Å². The van der Waals surface area contributed by atoms with Gasteiger partial charge in [-0.05, 0) is 20.8 Å². The molecule has 0 aromatic heterocycles. The summed E-state index contributed by atoms with van der Waals surface area (Å²) in [5.41, 5.74) is 0. The monoisotopic (exact) mass is 324 g/mol. The molecule has 0 aliphatic heterocycles. The molecule has 0 aliphatic carbocycles. The topological polar surface area (TPSA) is 59.6 Å². The van der Waals surface area contributed by atoms with Crippen molar-refractivity contribution in [3.05, 3.63) is 0 Å². The highest BCUT2D eigenvalue weighted by Crippen LogP contribution is 2.35. The number of rotatable bonds is 11.